The molecule has 142 valence electrons. The summed E-state index contributed by atoms with van der Waals surface area (Å²) in [6, 6.07) is 0. The van der Waals surface area contributed by atoms with E-state index in [4.69, 9.17) is 4.74 Å². The molecule has 0 bridgehead atoms. The van der Waals surface area contributed by atoms with E-state index in [1.165, 1.54) is 36.0 Å². The van der Waals surface area contributed by atoms with Crippen LogP contribution in [0.1, 0.15) is 81.5 Å². The van der Waals surface area contributed by atoms with Gasteiger partial charge in [0, 0.05) is 11.1 Å². The molecule has 0 radical (unpaired) electrons. The summed E-state index contributed by atoms with van der Waals surface area (Å²) in [4.78, 5) is 0. The number of benzene rings is 1. The molecule has 0 amide bonds. The molecule has 3 rings (SSSR count). The molecule has 2 heteroatoms. The third kappa shape index (κ3) is 3.70. The van der Waals surface area contributed by atoms with Gasteiger partial charge in [0.25, 0.3) is 0 Å². The Balaban J connectivity index is 1.84. The Morgan fingerprint density at radius 1 is 1.08 bits per heavy atom. The first-order valence-electron chi connectivity index (χ1n) is 10.1. The Labute approximate surface area is 159 Å². The lowest BCUT2D eigenvalue weighted by atomic mass is 9.73. The Hall–Kier alpha value is -1.70. The molecule has 1 fully saturated rings. The number of phenolic OH excluding ortho intramolecular Hbond substituents is 1. The van der Waals surface area contributed by atoms with E-state index in [2.05, 4.69) is 39.8 Å². The Morgan fingerprint density at radius 3 is 2.42 bits per heavy atom. The van der Waals surface area contributed by atoms with Crippen molar-refractivity contribution in [3.05, 3.63) is 45.6 Å². The highest BCUT2D eigenvalue weighted by Gasteiger charge is 2.43. The zero-order chi connectivity index (χ0) is 18.9. The number of hydrogen-bond acceptors (Lipinski definition) is 2. The number of ether oxygens (including phenoxy) is 1. The molecule has 1 aromatic rings. The second kappa shape index (κ2) is 7.50. The predicted octanol–water partition coefficient (Wildman–Crippen LogP) is 6.49. The van der Waals surface area contributed by atoms with Crippen molar-refractivity contribution in [1.82, 2.24) is 0 Å². The van der Waals surface area contributed by atoms with E-state index >= 15 is 0 Å². The van der Waals surface area contributed by atoms with Crippen molar-refractivity contribution < 1.29 is 9.84 Å². The highest BCUT2D eigenvalue weighted by molar-refractivity contribution is 5.59. The minimum absolute atomic E-state index is 0.0918. The maximum Gasteiger partial charge on any atom is 0.127 e. The van der Waals surface area contributed by atoms with Gasteiger partial charge >= 0.3 is 0 Å². The lowest BCUT2D eigenvalue weighted by Crippen LogP contribution is -2.46. The molecule has 0 aromatic heterocycles. The van der Waals surface area contributed by atoms with Gasteiger partial charge in [-0.3, -0.25) is 0 Å². The molecule has 1 saturated carbocycles. The summed E-state index contributed by atoms with van der Waals surface area (Å²) in [5.41, 5.74) is 7.29. The number of fused-ring (bicyclic) bond motifs is 1. The van der Waals surface area contributed by atoms with Gasteiger partial charge in [-0.15, -0.1) is 0 Å². The topological polar surface area (TPSA) is 29.5 Å². The van der Waals surface area contributed by atoms with E-state index in [9.17, 15) is 5.11 Å². The molecule has 1 heterocycles. The fourth-order valence-corrected chi connectivity index (χ4v) is 4.21. The molecule has 1 aromatic carbocycles. The highest BCUT2D eigenvalue weighted by atomic mass is 16.5. The minimum Gasteiger partial charge on any atom is -0.507 e. The van der Waals surface area contributed by atoms with Crippen molar-refractivity contribution in [2.45, 2.75) is 91.6 Å². The summed E-state index contributed by atoms with van der Waals surface area (Å²) >= 11 is 0. The minimum atomic E-state index is 0.0918. The van der Waals surface area contributed by atoms with Crippen molar-refractivity contribution >= 4 is 0 Å². The zero-order valence-electron chi connectivity index (χ0n) is 17.2. The van der Waals surface area contributed by atoms with Crippen LogP contribution in [0.3, 0.4) is 0 Å². The Bertz CT molecular complexity index is 744. The average Bonchev–Trinajstić information content (AvgIpc) is 2.57. The first-order chi connectivity index (χ1) is 12.3. The van der Waals surface area contributed by atoms with Crippen LogP contribution >= 0.6 is 0 Å². The van der Waals surface area contributed by atoms with Gasteiger partial charge in [-0.2, -0.15) is 0 Å². The molecule has 1 N–H and O–H groups in total. The lowest BCUT2D eigenvalue weighted by Gasteiger charge is -2.46. The second-order valence-corrected chi connectivity index (χ2v) is 8.60. The van der Waals surface area contributed by atoms with Crippen LogP contribution in [0.5, 0.6) is 11.5 Å². The molecular weight excluding hydrogens is 320 g/mol. The van der Waals surface area contributed by atoms with Crippen LogP contribution in [-0.4, -0.2) is 10.7 Å². The number of hydrogen-bond donors (Lipinski definition) is 1. The summed E-state index contributed by atoms with van der Waals surface area (Å²) in [6.45, 7) is 10.6. The van der Waals surface area contributed by atoms with Gasteiger partial charge in [0.15, 0.2) is 0 Å². The number of allylic oxidation sites excluding steroid dienone is 4. The molecule has 0 atom stereocenters. The molecule has 1 aliphatic carbocycles. The number of aromatic hydroxyl groups is 1. The fraction of sp³-hybridized carbons (Fsp3) is 0.583. The van der Waals surface area contributed by atoms with Crippen LogP contribution in [0, 0.1) is 13.8 Å². The molecule has 1 aliphatic heterocycles. The highest BCUT2D eigenvalue weighted by Crippen LogP contribution is 2.49. The molecule has 26 heavy (non-hydrogen) atoms. The van der Waals surface area contributed by atoms with Crippen LogP contribution in [0.25, 0.3) is 0 Å². The second-order valence-electron chi connectivity index (χ2n) is 8.60. The van der Waals surface area contributed by atoms with Gasteiger partial charge in [-0.05, 0) is 97.1 Å². The fourth-order valence-electron chi connectivity index (χ4n) is 4.21. The molecule has 2 nitrogen and oxygen atoms in total. The summed E-state index contributed by atoms with van der Waals surface area (Å²) < 4.78 is 6.52. The standard InChI is InChI=1S/C24H34O2/c1-16(2)8-6-9-17(3)10-11-20-21-12-15-24(13-7-14-24)26-23(21)19(5)18(4)22(20)25/h8,10,25H,6-7,9,11-15H2,1-5H3. The molecule has 0 unspecified atom stereocenters. The van der Waals surface area contributed by atoms with Gasteiger partial charge in [0.2, 0.25) is 0 Å². The monoisotopic (exact) mass is 354 g/mol. The van der Waals surface area contributed by atoms with E-state index in [1.54, 1.807) is 0 Å². The van der Waals surface area contributed by atoms with E-state index in [-0.39, 0.29) is 5.60 Å². The van der Waals surface area contributed by atoms with E-state index in [1.807, 2.05) is 6.92 Å². The van der Waals surface area contributed by atoms with Crippen molar-refractivity contribution in [2.24, 2.45) is 0 Å². The largest absolute Gasteiger partial charge is 0.507 e. The van der Waals surface area contributed by atoms with Gasteiger partial charge in [-0.25, -0.2) is 0 Å². The summed E-state index contributed by atoms with van der Waals surface area (Å²) in [6.07, 6.45) is 13.3. The van der Waals surface area contributed by atoms with Gasteiger partial charge in [0.05, 0.1) is 0 Å². The summed E-state index contributed by atoms with van der Waals surface area (Å²) in [5.74, 6) is 1.54. The van der Waals surface area contributed by atoms with Crippen LogP contribution in [0.15, 0.2) is 23.3 Å². The Kier molecular flexibility index (Phi) is 5.50. The summed E-state index contributed by atoms with van der Waals surface area (Å²) in [5, 5.41) is 10.8. The molecule has 1 spiro atoms. The molecular formula is C24H34O2. The number of phenols is 1. The molecule has 0 saturated heterocycles. The van der Waals surface area contributed by atoms with Crippen molar-refractivity contribution in [3.63, 3.8) is 0 Å². The van der Waals surface area contributed by atoms with Crippen molar-refractivity contribution in [1.29, 1.82) is 0 Å². The normalized spacial score (nSPS) is 18.1. The van der Waals surface area contributed by atoms with Crippen LogP contribution in [0.4, 0.5) is 0 Å². The first kappa shape index (κ1) is 19.1. The third-order valence-corrected chi connectivity index (χ3v) is 6.34. The first-order valence-corrected chi connectivity index (χ1v) is 10.1. The Morgan fingerprint density at radius 2 is 1.81 bits per heavy atom. The van der Waals surface area contributed by atoms with Crippen LogP contribution < -0.4 is 4.74 Å². The van der Waals surface area contributed by atoms with Crippen LogP contribution in [0.2, 0.25) is 0 Å². The average molecular weight is 355 g/mol. The van der Waals surface area contributed by atoms with E-state index < -0.39 is 0 Å². The van der Waals surface area contributed by atoms with Gasteiger partial charge in [-0.1, -0.05) is 23.3 Å². The van der Waals surface area contributed by atoms with Crippen molar-refractivity contribution in [2.75, 3.05) is 0 Å². The van der Waals surface area contributed by atoms with Crippen LogP contribution in [-0.2, 0) is 12.8 Å². The number of rotatable bonds is 5. The van der Waals surface area contributed by atoms with Gasteiger partial charge < -0.3 is 9.84 Å². The SMILES string of the molecule is CC(C)=CCCC(C)=CCc1c(O)c(C)c(C)c2c1CCC1(CCC1)O2. The zero-order valence-corrected chi connectivity index (χ0v) is 17.2. The maximum absolute atomic E-state index is 10.8. The van der Waals surface area contributed by atoms with E-state index in [0.717, 1.165) is 54.5 Å². The third-order valence-electron chi connectivity index (χ3n) is 6.34. The quantitative estimate of drug-likeness (QED) is 0.612. The van der Waals surface area contributed by atoms with Gasteiger partial charge in [0.1, 0.15) is 17.1 Å². The smallest absolute Gasteiger partial charge is 0.127 e. The lowest BCUT2D eigenvalue weighted by molar-refractivity contribution is -0.0258. The van der Waals surface area contributed by atoms with E-state index in [0.29, 0.717) is 5.75 Å². The summed E-state index contributed by atoms with van der Waals surface area (Å²) in [7, 11) is 0. The van der Waals surface area contributed by atoms with Crippen molar-refractivity contribution in [3.8, 4) is 11.5 Å². The molecule has 2 aliphatic rings. The maximum atomic E-state index is 10.8. The predicted molar refractivity (Wildman–Crippen MR) is 109 cm³/mol.